The fourth-order valence-electron chi connectivity index (χ4n) is 2.55. The van der Waals surface area contributed by atoms with Crippen molar-refractivity contribution in [2.75, 3.05) is 24.1 Å². The summed E-state index contributed by atoms with van der Waals surface area (Å²) in [5, 5.41) is 6.27. The molecule has 4 N–H and O–H groups in total. The lowest BCUT2D eigenvalue weighted by molar-refractivity contribution is 0.0956. The number of carbonyl (C=O) groups is 1. The van der Waals surface area contributed by atoms with Gasteiger partial charge in [0, 0.05) is 24.5 Å². The van der Waals surface area contributed by atoms with Crippen molar-refractivity contribution in [2.45, 2.75) is 33.6 Å². The highest BCUT2D eigenvalue weighted by Crippen LogP contribution is 2.51. The summed E-state index contributed by atoms with van der Waals surface area (Å²) in [5.74, 6) is 0.605. The summed E-state index contributed by atoms with van der Waals surface area (Å²) in [4.78, 5) is 12.1. The van der Waals surface area contributed by atoms with Crippen molar-refractivity contribution >= 4 is 17.3 Å². The van der Waals surface area contributed by atoms with Crippen LogP contribution in [-0.4, -0.2) is 19.0 Å². The first kappa shape index (κ1) is 14.7. The maximum Gasteiger partial charge on any atom is 0.253 e. The quantitative estimate of drug-likeness (QED) is 0.699. The lowest BCUT2D eigenvalue weighted by Gasteiger charge is -2.22. The summed E-state index contributed by atoms with van der Waals surface area (Å²) in [6.45, 7) is 7.97. The Labute approximate surface area is 121 Å². The number of amides is 1. The van der Waals surface area contributed by atoms with Gasteiger partial charge in [-0.1, -0.05) is 13.8 Å². The molecular weight excluding hydrogens is 250 g/mol. The number of hydrogen-bond acceptors (Lipinski definition) is 3. The molecule has 0 heterocycles. The highest BCUT2D eigenvalue weighted by Gasteiger charge is 2.45. The van der Waals surface area contributed by atoms with E-state index in [4.69, 9.17) is 5.73 Å². The van der Waals surface area contributed by atoms with Crippen molar-refractivity contribution in [3.63, 3.8) is 0 Å². The van der Waals surface area contributed by atoms with Crippen LogP contribution < -0.4 is 16.4 Å². The normalized spacial score (nSPS) is 16.0. The van der Waals surface area contributed by atoms with Gasteiger partial charge >= 0.3 is 0 Å². The number of nitrogens with two attached hydrogens (primary N) is 1. The minimum atomic E-state index is -0.0515. The lowest BCUT2D eigenvalue weighted by Crippen LogP contribution is -2.26. The molecule has 0 saturated heterocycles. The van der Waals surface area contributed by atoms with E-state index in [9.17, 15) is 4.79 Å². The van der Waals surface area contributed by atoms with Crippen LogP contribution in [0.3, 0.4) is 0 Å². The topological polar surface area (TPSA) is 67.2 Å². The third-order valence-corrected chi connectivity index (χ3v) is 4.37. The number of anilines is 2. The van der Waals surface area contributed by atoms with E-state index in [0.717, 1.165) is 12.2 Å². The molecule has 1 fully saturated rings. The molecule has 2 rings (SSSR count). The summed E-state index contributed by atoms with van der Waals surface area (Å²) >= 11 is 0. The van der Waals surface area contributed by atoms with Gasteiger partial charge in [-0.15, -0.1) is 0 Å². The molecule has 1 aliphatic carbocycles. The number of benzene rings is 1. The molecule has 1 saturated carbocycles. The van der Waals surface area contributed by atoms with Crippen LogP contribution in [0.15, 0.2) is 18.2 Å². The Morgan fingerprint density at radius 3 is 2.65 bits per heavy atom. The van der Waals surface area contributed by atoms with Gasteiger partial charge in [0.2, 0.25) is 0 Å². The standard InChI is InChI=1S/C16H25N3O/c1-4-18-15(20)13-6-5-12(17)9-14(13)19-10-16(7-8-16)11(2)3/h5-6,9,11,19H,4,7-8,10,17H2,1-3H3,(H,18,20). The highest BCUT2D eigenvalue weighted by molar-refractivity contribution is 6.00. The van der Waals surface area contributed by atoms with E-state index < -0.39 is 0 Å². The van der Waals surface area contributed by atoms with E-state index in [0.29, 0.717) is 29.1 Å². The molecule has 1 amide bonds. The summed E-state index contributed by atoms with van der Waals surface area (Å²) in [6.07, 6.45) is 2.52. The van der Waals surface area contributed by atoms with Crippen LogP contribution in [-0.2, 0) is 0 Å². The monoisotopic (exact) mass is 275 g/mol. The predicted octanol–water partition coefficient (Wildman–Crippen LogP) is 2.87. The second-order valence-electron chi connectivity index (χ2n) is 6.04. The van der Waals surface area contributed by atoms with Crippen molar-refractivity contribution in [3.05, 3.63) is 23.8 Å². The van der Waals surface area contributed by atoms with Crippen molar-refractivity contribution < 1.29 is 4.79 Å². The maximum atomic E-state index is 12.1. The van der Waals surface area contributed by atoms with E-state index in [-0.39, 0.29) is 5.91 Å². The van der Waals surface area contributed by atoms with Gasteiger partial charge in [0.1, 0.15) is 0 Å². The zero-order valence-electron chi connectivity index (χ0n) is 12.6. The zero-order chi connectivity index (χ0) is 14.8. The highest BCUT2D eigenvalue weighted by atomic mass is 16.1. The first-order valence-electron chi connectivity index (χ1n) is 7.40. The Hall–Kier alpha value is -1.71. The maximum absolute atomic E-state index is 12.1. The SMILES string of the molecule is CCNC(=O)c1ccc(N)cc1NCC1(C(C)C)CC1. The number of rotatable bonds is 6. The van der Waals surface area contributed by atoms with Crippen molar-refractivity contribution in [2.24, 2.45) is 11.3 Å². The van der Waals surface area contributed by atoms with Crippen LogP contribution in [0.5, 0.6) is 0 Å². The van der Waals surface area contributed by atoms with Gasteiger partial charge in [0.05, 0.1) is 5.56 Å². The minimum absolute atomic E-state index is 0.0515. The Morgan fingerprint density at radius 2 is 2.10 bits per heavy atom. The fourth-order valence-corrected chi connectivity index (χ4v) is 2.55. The molecule has 1 aromatic carbocycles. The summed E-state index contributed by atoms with van der Waals surface area (Å²) in [5.41, 5.74) is 8.42. The molecule has 0 unspecified atom stereocenters. The molecule has 4 heteroatoms. The molecule has 1 aliphatic rings. The van der Waals surface area contributed by atoms with Gasteiger partial charge in [0.25, 0.3) is 5.91 Å². The van der Waals surface area contributed by atoms with Gasteiger partial charge in [-0.3, -0.25) is 4.79 Å². The third kappa shape index (κ3) is 3.06. The first-order valence-corrected chi connectivity index (χ1v) is 7.40. The first-order chi connectivity index (χ1) is 9.48. The van der Waals surface area contributed by atoms with Crippen molar-refractivity contribution in [1.82, 2.24) is 5.32 Å². The second-order valence-corrected chi connectivity index (χ2v) is 6.04. The fraction of sp³-hybridized carbons (Fsp3) is 0.562. The van der Waals surface area contributed by atoms with Crippen LogP contribution in [0.4, 0.5) is 11.4 Å². The molecular formula is C16H25N3O. The van der Waals surface area contributed by atoms with Crippen LogP contribution in [0, 0.1) is 11.3 Å². The molecule has 0 atom stereocenters. The Balaban J connectivity index is 2.13. The predicted molar refractivity (Wildman–Crippen MR) is 83.9 cm³/mol. The van der Waals surface area contributed by atoms with Gasteiger partial charge in [-0.25, -0.2) is 0 Å². The van der Waals surface area contributed by atoms with E-state index in [1.807, 2.05) is 13.0 Å². The van der Waals surface area contributed by atoms with Gasteiger partial charge in [-0.05, 0) is 49.3 Å². The van der Waals surface area contributed by atoms with Crippen LogP contribution in [0.2, 0.25) is 0 Å². The molecule has 0 bridgehead atoms. The second kappa shape index (κ2) is 5.73. The van der Waals surface area contributed by atoms with E-state index >= 15 is 0 Å². The zero-order valence-corrected chi connectivity index (χ0v) is 12.6. The van der Waals surface area contributed by atoms with Crippen LogP contribution >= 0.6 is 0 Å². The molecule has 0 aromatic heterocycles. The van der Waals surface area contributed by atoms with Crippen molar-refractivity contribution in [1.29, 1.82) is 0 Å². The minimum Gasteiger partial charge on any atom is -0.399 e. The number of carbonyl (C=O) groups excluding carboxylic acids is 1. The molecule has 110 valence electrons. The summed E-state index contributed by atoms with van der Waals surface area (Å²) < 4.78 is 0. The molecule has 0 aliphatic heterocycles. The molecule has 20 heavy (non-hydrogen) atoms. The molecule has 0 radical (unpaired) electrons. The van der Waals surface area contributed by atoms with Gasteiger partial charge in [0.15, 0.2) is 0 Å². The van der Waals surface area contributed by atoms with Crippen molar-refractivity contribution in [3.8, 4) is 0 Å². The molecule has 0 spiro atoms. The van der Waals surface area contributed by atoms with Crippen LogP contribution in [0.25, 0.3) is 0 Å². The average Bonchev–Trinajstić information content (AvgIpc) is 3.18. The third-order valence-electron chi connectivity index (χ3n) is 4.37. The number of hydrogen-bond donors (Lipinski definition) is 3. The Morgan fingerprint density at radius 1 is 1.40 bits per heavy atom. The summed E-state index contributed by atoms with van der Waals surface area (Å²) in [6, 6.07) is 5.41. The van der Waals surface area contributed by atoms with Gasteiger partial charge in [-0.2, -0.15) is 0 Å². The summed E-state index contributed by atoms with van der Waals surface area (Å²) in [7, 11) is 0. The number of nitrogens with one attached hydrogen (secondary N) is 2. The average molecular weight is 275 g/mol. The van der Waals surface area contributed by atoms with E-state index in [1.54, 1.807) is 12.1 Å². The lowest BCUT2D eigenvalue weighted by atomic mass is 9.92. The van der Waals surface area contributed by atoms with E-state index in [2.05, 4.69) is 24.5 Å². The number of nitrogen functional groups attached to an aromatic ring is 1. The van der Waals surface area contributed by atoms with E-state index in [1.165, 1.54) is 12.8 Å². The molecule has 1 aromatic rings. The Bertz CT molecular complexity index is 492. The Kier molecular flexibility index (Phi) is 4.21. The molecule has 4 nitrogen and oxygen atoms in total. The van der Waals surface area contributed by atoms with Crippen LogP contribution in [0.1, 0.15) is 44.0 Å². The smallest absolute Gasteiger partial charge is 0.253 e. The largest absolute Gasteiger partial charge is 0.399 e. The van der Waals surface area contributed by atoms with Gasteiger partial charge < -0.3 is 16.4 Å².